The molecule has 0 bridgehead atoms. The van der Waals surface area contributed by atoms with E-state index in [1.54, 1.807) is 19.1 Å². The largest absolute Gasteiger partial charge is 0.451 e. The highest BCUT2D eigenvalue weighted by Crippen LogP contribution is 2.24. The summed E-state index contributed by atoms with van der Waals surface area (Å²) in [4.78, 5) is 23.3. The number of carbonyl (C=O) groups is 1. The van der Waals surface area contributed by atoms with Crippen molar-refractivity contribution >= 4 is 11.5 Å². The zero-order chi connectivity index (χ0) is 29.8. The van der Waals surface area contributed by atoms with Gasteiger partial charge in [-0.1, -0.05) is 121 Å². The highest BCUT2D eigenvalue weighted by atomic mass is 16.6. The van der Waals surface area contributed by atoms with Crippen molar-refractivity contribution in [1.82, 2.24) is 0 Å². The second-order valence-electron chi connectivity index (χ2n) is 11.1. The molecule has 2 aromatic carbocycles. The quantitative estimate of drug-likeness (QED) is 0.0361. The fourth-order valence-corrected chi connectivity index (χ4v) is 5.10. The molecule has 0 aliphatic carbocycles. The molecule has 1 atom stereocenters. The number of carbonyl (C=O) groups excluding carboxylic acids is 1. The van der Waals surface area contributed by atoms with E-state index in [1.165, 1.54) is 138 Å². The van der Waals surface area contributed by atoms with Crippen LogP contribution in [0.15, 0.2) is 60.7 Å². The smallest absolute Gasteiger partial charge is 0.292 e. The average molecular weight is 566 g/mol. The van der Waals surface area contributed by atoms with Crippen LogP contribution in [-0.2, 0) is 6.42 Å². The van der Waals surface area contributed by atoms with Crippen LogP contribution in [0, 0.1) is 10.1 Å². The highest BCUT2D eigenvalue weighted by molar-refractivity contribution is 6.03. The number of nitrogens with zero attached hydrogens (tertiary/aromatic N) is 1. The molecular formula is C35H51NO5. The number of benzene rings is 2. The van der Waals surface area contributed by atoms with E-state index in [0.29, 0.717) is 5.75 Å². The van der Waals surface area contributed by atoms with Gasteiger partial charge in [0.2, 0.25) is 5.78 Å². The van der Waals surface area contributed by atoms with Gasteiger partial charge in [0.05, 0.1) is 4.92 Å². The molecule has 0 aliphatic heterocycles. The van der Waals surface area contributed by atoms with Crippen molar-refractivity contribution < 1.29 is 19.6 Å². The molecule has 0 amide bonds. The Morgan fingerprint density at radius 2 is 1.24 bits per heavy atom. The Kier molecular flexibility index (Phi) is 16.7. The molecular weight excluding hydrogens is 514 g/mol. The van der Waals surface area contributed by atoms with Crippen molar-refractivity contribution in [1.29, 1.82) is 0 Å². The minimum absolute atomic E-state index is 0.122. The molecule has 41 heavy (non-hydrogen) atoms. The van der Waals surface area contributed by atoms with Crippen LogP contribution in [0.2, 0.25) is 0 Å². The maximum Gasteiger partial charge on any atom is 0.292 e. The number of aliphatic hydroxyl groups is 1. The van der Waals surface area contributed by atoms with Gasteiger partial charge in [-0.3, -0.25) is 14.9 Å². The van der Waals surface area contributed by atoms with Gasteiger partial charge in [-0.2, -0.15) is 0 Å². The number of nitro groups is 1. The lowest BCUT2D eigenvalue weighted by molar-refractivity contribution is -0.384. The van der Waals surface area contributed by atoms with Crippen LogP contribution in [0.1, 0.15) is 133 Å². The molecule has 226 valence electrons. The molecule has 6 nitrogen and oxygen atoms in total. The summed E-state index contributed by atoms with van der Waals surface area (Å²) >= 11 is 0. The lowest BCUT2D eigenvalue weighted by Gasteiger charge is -2.24. The maximum atomic E-state index is 13.0. The Labute approximate surface area is 247 Å². The summed E-state index contributed by atoms with van der Waals surface area (Å²) in [5, 5.41) is 21.9. The molecule has 0 heterocycles. The lowest BCUT2D eigenvalue weighted by atomic mass is 10.0. The second kappa shape index (κ2) is 20.0. The van der Waals surface area contributed by atoms with Gasteiger partial charge in [0.25, 0.3) is 11.5 Å². The van der Waals surface area contributed by atoms with Crippen molar-refractivity contribution in [2.45, 2.75) is 129 Å². The summed E-state index contributed by atoms with van der Waals surface area (Å²) < 4.78 is 5.71. The molecule has 0 saturated heterocycles. The van der Waals surface area contributed by atoms with E-state index in [1.807, 2.05) is 12.1 Å². The van der Waals surface area contributed by atoms with Crippen molar-refractivity contribution in [3.63, 3.8) is 0 Å². The van der Waals surface area contributed by atoms with Crippen molar-refractivity contribution in [2.24, 2.45) is 0 Å². The van der Waals surface area contributed by atoms with Gasteiger partial charge in [-0.25, -0.2) is 0 Å². The molecule has 0 aromatic heterocycles. The number of hydrogen-bond donors (Lipinski definition) is 1. The topological polar surface area (TPSA) is 89.7 Å². The third-order valence-corrected chi connectivity index (χ3v) is 7.57. The summed E-state index contributed by atoms with van der Waals surface area (Å²) in [6.07, 6.45) is 25.5. The van der Waals surface area contributed by atoms with E-state index in [9.17, 15) is 20.0 Å². The van der Waals surface area contributed by atoms with Crippen LogP contribution in [0.4, 0.5) is 5.69 Å². The molecule has 0 saturated carbocycles. The Hall–Kier alpha value is -2.99. The van der Waals surface area contributed by atoms with Crippen LogP contribution < -0.4 is 4.74 Å². The third kappa shape index (κ3) is 13.5. The number of ketones is 1. The molecule has 2 rings (SSSR count). The zero-order valence-electron chi connectivity index (χ0n) is 25.3. The normalized spacial score (nSPS) is 12.9. The fraction of sp³-hybridized carbons (Fsp3) is 0.571. The van der Waals surface area contributed by atoms with Gasteiger partial charge in [-0.05, 0) is 55.7 Å². The first-order valence-electron chi connectivity index (χ1n) is 15.8. The molecule has 0 spiro atoms. The minimum Gasteiger partial charge on any atom is -0.451 e. The fourth-order valence-electron chi connectivity index (χ4n) is 5.10. The van der Waals surface area contributed by atoms with Crippen molar-refractivity contribution in [2.75, 3.05) is 0 Å². The number of Topliss-reactive ketones (excluding diaryl/α,β-unsaturated/α-hetero) is 1. The summed E-state index contributed by atoms with van der Waals surface area (Å²) in [6.45, 7) is 3.95. The SMILES string of the molecule is CC=CC(O)(Oc1ccc(CCCCCCCCCCCCCCCCCC)cc1)C(=O)c1ccc([N+](=O)[O-])cc1. The summed E-state index contributed by atoms with van der Waals surface area (Å²) in [6, 6.07) is 12.6. The van der Waals surface area contributed by atoms with Gasteiger partial charge in [0.15, 0.2) is 0 Å². The molecule has 0 fully saturated rings. The monoisotopic (exact) mass is 565 g/mol. The van der Waals surface area contributed by atoms with E-state index in [2.05, 4.69) is 6.92 Å². The Morgan fingerprint density at radius 1 is 0.780 bits per heavy atom. The van der Waals surface area contributed by atoms with Crippen LogP contribution >= 0.6 is 0 Å². The van der Waals surface area contributed by atoms with Crippen LogP contribution in [0.3, 0.4) is 0 Å². The van der Waals surface area contributed by atoms with Crippen LogP contribution in [0.5, 0.6) is 5.75 Å². The number of ether oxygens (including phenoxy) is 1. The van der Waals surface area contributed by atoms with E-state index in [0.717, 1.165) is 12.8 Å². The molecule has 1 N–H and O–H groups in total. The number of unbranched alkanes of at least 4 members (excludes halogenated alkanes) is 15. The van der Waals surface area contributed by atoms with Crippen molar-refractivity contribution in [3.8, 4) is 5.75 Å². The van der Waals surface area contributed by atoms with Gasteiger partial charge in [0, 0.05) is 17.7 Å². The first-order valence-corrected chi connectivity index (χ1v) is 15.8. The Balaban J connectivity index is 1.62. The van der Waals surface area contributed by atoms with Gasteiger partial charge >= 0.3 is 0 Å². The first-order chi connectivity index (χ1) is 19.9. The molecule has 0 aliphatic rings. The van der Waals surface area contributed by atoms with Gasteiger partial charge in [0.1, 0.15) is 5.75 Å². The summed E-state index contributed by atoms with van der Waals surface area (Å²) in [5.41, 5.74) is 1.19. The van der Waals surface area contributed by atoms with E-state index in [4.69, 9.17) is 4.74 Å². The van der Waals surface area contributed by atoms with Crippen LogP contribution in [-0.4, -0.2) is 21.6 Å². The Morgan fingerprint density at radius 3 is 1.68 bits per heavy atom. The minimum atomic E-state index is -2.21. The third-order valence-electron chi connectivity index (χ3n) is 7.57. The Bertz CT molecular complexity index is 1030. The number of hydrogen-bond acceptors (Lipinski definition) is 5. The maximum absolute atomic E-state index is 13.0. The molecule has 0 radical (unpaired) electrons. The standard InChI is InChI=1S/C35H51NO5/c1-3-5-6-7-8-9-10-11-12-13-14-15-16-17-18-19-20-30-21-27-33(28-22-30)41-35(38,29-4-2)34(37)31-23-25-32(26-24-31)36(39)40/h4,21-29,38H,3,5-20H2,1-2H3. The summed E-state index contributed by atoms with van der Waals surface area (Å²) in [7, 11) is 0. The average Bonchev–Trinajstić information content (AvgIpc) is 2.97. The van der Waals surface area contributed by atoms with E-state index >= 15 is 0 Å². The number of aryl methyl sites for hydroxylation is 1. The number of allylic oxidation sites excluding steroid dienone is 1. The van der Waals surface area contributed by atoms with Gasteiger partial charge < -0.3 is 9.84 Å². The first kappa shape index (κ1) is 34.2. The molecule has 1 unspecified atom stereocenters. The second-order valence-corrected chi connectivity index (χ2v) is 11.1. The molecule has 2 aromatic rings. The molecule has 6 heteroatoms. The van der Waals surface area contributed by atoms with Crippen molar-refractivity contribution in [3.05, 3.63) is 81.9 Å². The lowest BCUT2D eigenvalue weighted by Crippen LogP contribution is -2.42. The van der Waals surface area contributed by atoms with Gasteiger partial charge in [-0.15, -0.1) is 0 Å². The van der Waals surface area contributed by atoms with E-state index < -0.39 is 16.5 Å². The zero-order valence-corrected chi connectivity index (χ0v) is 25.3. The predicted octanol–water partition coefficient (Wildman–Crippen LogP) is 9.93. The highest BCUT2D eigenvalue weighted by Gasteiger charge is 2.36. The number of non-ortho nitro benzene ring substituents is 1. The van der Waals surface area contributed by atoms with Crippen LogP contribution in [0.25, 0.3) is 0 Å². The number of rotatable bonds is 23. The summed E-state index contributed by atoms with van der Waals surface area (Å²) in [5.74, 6) is -2.53. The predicted molar refractivity (Wildman–Crippen MR) is 168 cm³/mol. The van der Waals surface area contributed by atoms with E-state index in [-0.39, 0.29) is 11.3 Å². The number of nitro benzene ring substituents is 1.